The topological polar surface area (TPSA) is 72.2 Å². The fourth-order valence-electron chi connectivity index (χ4n) is 1.38. The summed E-state index contributed by atoms with van der Waals surface area (Å²) in [6, 6.07) is 4.09. The average Bonchev–Trinajstić information content (AvgIpc) is 2.37. The van der Waals surface area contributed by atoms with Crippen molar-refractivity contribution in [3.05, 3.63) is 29.6 Å². The van der Waals surface area contributed by atoms with Crippen molar-refractivity contribution >= 4 is 15.7 Å². The summed E-state index contributed by atoms with van der Waals surface area (Å²) < 4.78 is 39.2. The van der Waals surface area contributed by atoms with Gasteiger partial charge in [0.15, 0.2) is 0 Å². The van der Waals surface area contributed by atoms with Crippen LogP contribution in [-0.4, -0.2) is 20.7 Å². The largest absolute Gasteiger partial charge is 0.320 e. The van der Waals surface area contributed by atoms with Crippen molar-refractivity contribution in [2.75, 3.05) is 17.0 Å². The second-order valence-corrected chi connectivity index (χ2v) is 5.82. The van der Waals surface area contributed by atoms with Crippen LogP contribution in [0.5, 0.6) is 0 Å². The van der Waals surface area contributed by atoms with Crippen LogP contribution in [0.4, 0.5) is 10.1 Å². The highest BCUT2D eigenvalue weighted by molar-refractivity contribution is 7.92. The molecule has 0 amide bonds. The van der Waals surface area contributed by atoms with Gasteiger partial charge in [-0.05, 0) is 24.6 Å². The van der Waals surface area contributed by atoms with Gasteiger partial charge < -0.3 is 5.73 Å². The highest BCUT2D eigenvalue weighted by Gasteiger charge is 2.12. The minimum absolute atomic E-state index is 0.0162. The van der Waals surface area contributed by atoms with Gasteiger partial charge in [0, 0.05) is 5.56 Å². The van der Waals surface area contributed by atoms with E-state index >= 15 is 0 Å². The Bertz CT molecular complexity index is 588. The van der Waals surface area contributed by atoms with Gasteiger partial charge in [-0.15, -0.1) is 0 Å². The summed E-state index contributed by atoms with van der Waals surface area (Å²) in [6.45, 7) is 2.08. The molecule has 0 saturated heterocycles. The molecular weight excluding hydrogens is 267 g/mol. The van der Waals surface area contributed by atoms with Gasteiger partial charge in [0.05, 0.1) is 18.0 Å². The molecule has 0 saturated carbocycles. The van der Waals surface area contributed by atoms with Gasteiger partial charge in [-0.25, -0.2) is 12.8 Å². The van der Waals surface area contributed by atoms with Crippen LogP contribution in [0.1, 0.15) is 25.3 Å². The molecule has 1 aromatic carbocycles. The first-order valence-electron chi connectivity index (χ1n) is 5.97. The number of hydrogen-bond acceptors (Lipinski definition) is 3. The maximum absolute atomic E-state index is 13.7. The first-order chi connectivity index (χ1) is 8.98. The van der Waals surface area contributed by atoms with Gasteiger partial charge in [-0.3, -0.25) is 4.72 Å². The molecule has 0 aliphatic rings. The van der Waals surface area contributed by atoms with Crippen LogP contribution in [0.3, 0.4) is 0 Å². The van der Waals surface area contributed by atoms with Gasteiger partial charge in [0.1, 0.15) is 5.82 Å². The molecule has 0 heterocycles. The van der Waals surface area contributed by atoms with E-state index in [4.69, 9.17) is 5.73 Å². The van der Waals surface area contributed by atoms with Crippen molar-refractivity contribution in [2.45, 2.75) is 19.8 Å². The smallest absolute Gasteiger partial charge is 0.232 e. The third-order valence-electron chi connectivity index (χ3n) is 2.34. The van der Waals surface area contributed by atoms with Crippen LogP contribution in [0.2, 0.25) is 0 Å². The van der Waals surface area contributed by atoms with Crippen LogP contribution in [-0.2, 0) is 10.0 Å². The number of halogens is 1. The third-order valence-corrected chi connectivity index (χ3v) is 3.69. The molecule has 0 atom stereocenters. The van der Waals surface area contributed by atoms with E-state index in [0.717, 1.165) is 6.42 Å². The summed E-state index contributed by atoms with van der Waals surface area (Å²) in [5.74, 6) is 4.61. The van der Waals surface area contributed by atoms with E-state index in [2.05, 4.69) is 16.6 Å². The molecule has 0 aliphatic carbocycles. The molecule has 3 N–H and O–H groups in total. The number of sulfonamides is 1. The minimum Gasteiger partial charge on any atom is -0.320 e. The lowest BCUT2D eigenvalue weighted by Gasteiger charge is -2.08. The van der Waals surface area contributed by atoms with Gasteiger partial charge >= 0.3 is 0 Å². The zero-order chi connectivity index (χ0) is 14.3. The predicted octanol–water partition coefficient (Wildman–Crippen LogP) is 1.68. The maximum Gasteiger partial charge on any atom is 0.232 e. The van der Waals surface area contributed by atoms with Crippen molar-refractivity contribution in [1.82, 2.24) is 0 Å². The molecule has 19 heavy (non-hydrogen) atoms. The average molecular weight is 284 g/mol. The highest BCUT2D eigenvalue weighted by atomic mass is 32.2. The fourth-order valence-corrected chi connectivity index (χ4v) is 2.65. The van der Waals surface area contributed by atoms with Crippen LogP contribution < -0.4 is 10.5 Å². The summed E-state index contributed by atoms with van der Waals surface area (Å²) in [6.07, 6.45) is 1.30. The summed E-state index contributed by atoms with van der Waals surface area (Å²) in [5.41, 5.74) is 5.61. The molecule has 6 heteroatoms. The summed E-state index contributed by atoms with van der Waals surface area (Å²) in [7, 11) is -3.50. The van der Waals surface area contributed by atoms with E-state index in [9.17, 15) is 12.8 Å². The van der Waals surface area contributed by atoms with Crippen molar-refractivity contribution in [3.63, 3.8) is 0 Å². The van der Waals surface area contributed by atoms with Crippen molar-refractivity contribution in [1.29, 1.82) is 0 Å². The maximum atomic E-state index is 13.7. The number of hydrogen-bond donors (Lipinski definition) is 2. The van der Waals surface area contributed by atoms with Crippen LogP contribution >= 0.6 is 0 Å². The summed E-state index contributed by atoms with van der Waals surface area (Å²) >= 11 is 0. The first kappa shape index (κ1) is 15.5. The standard InChI is InChI=1S/C13H17FN2O2S/c1-2-3-9-19(17,18)16-13-7-6-11(5-4-8-15)10-12(13)14/h6-7,10,16H,2-3,8-9,15H2,1H3. The molecule has 0 aliphatic heterocycles. The Morgan fingerprint density at radius 3 is 2.74 bits per heavy atom. The zero-order valence-electron chi connectivity index (χ0n) is 10.7. The lowest BCUT2D eigenvalue weighted by molar-refractivity contribution is 0.595. The van der Waals surface area contributed by atoms with E-state index in [-0.39, 0.29) is 18.0 Å². The lowest BCUT2D eigenvalue weighted by atomic mass is 10.2. The summed E-state index contributed by atoms with van der Waals surface area (Å²) in [4.78, 5) is 0. The Morgan fingerprint density at radius 2 is 2.16 bits per heavy atom. The number of nitrogens with one attached hydrogen (secondary N) is 1. The van der Waals surface area contributed by atoms with Gasteiger partial charge in [0.25, 0.3) is 0 Å². The molecule has 0 aromatic heterocycles. The summed E-state index contributed by atoms with van der Waals surface area (Å²) in [5, 5.41) is 0. The van der Waals surface area contributed by atoms with Crippen LogP contribution in [0, 0.1) is 17.7 Å². The lowest BCUT2D eigenvalue weighted by Crippen LogP contribution is -2.17. The first-order valence-corrected chi connectivity index (χ1v) is 7.62. The Kier molecular flexibility index (Phi) is 5.80. The molecule has 0 fully saturated rings. The number of anilines is 1. The molecule has 0 spiro atoms. The predicted molar refractivity (Wildman–Crippen MR) is 74.6 cm³/mol. The Balaban J connectivity index is 2.86. The quantitative estimate of drug-likeness (QED) is 0.808. The van der Waals surface area contributed by atoms with E-state index in [1.54, 1.807) is 6.07 Å². The Morgan fingerprint density at radius 1 is 1.42 bits per heavy atom. The van der Waals surface area contributed by atoms with Crippen molar-refractivity contribution in [3.8, 4) is 11.8 Å². The minimum atomic E-state index is -3.50. The molecule has 4 nitrogen and oxygen atoms in total. The fraction of sp³-hybridized carbons (Fsp3) is 0.385. The van der Waals surface area contributed by atoms with E-state index < -0.39 is 15.8 Å². The number of unbranched alkanes of at least 4 members (excludes halogenated alkanes) is 1. The van der Waals surface area contributed by atoms with Crippen LogP contribution in [0.25, 0.3) is 0 Å². The molecule has 0 radical (unpaired) electrons. The monoisotopic (exact) mass is 284 g/mol. The molecule has 1 aromatic rings. The molecule has 1 rings (SSSR count). The third kappa shape index (κ3) is 5.28. The Labute approximate surface area is 113 Å². The second-order valence-electron chi connectivity index (χ2n) is 3.98. The number of rotatable bonds is 5. The van der Waals surface area contributed by atoms with Gasteiger partial charge in [0.2, 0.25) is 10.0 Å². The van der Waals surface area contributed by atoms with Crippen molar-refractivity contribution in [2.24, 2.45) is 5.73 Å². The second kappa shape index (κ2) is 7.12. The van der Waals surface area contributed by atoms with Gasteiger partial charge in [-0.1, -0.05) is 25.2 Å². The van der Waals surface area contributed by atoms with E-state index in [1.165, 1.54) is 12.1 Å². The van der Waals surface area contributed by atoms with Gasteiger partial charge in [-0.2, -0.15) is 0 Å². The SMILES string of the molecule is CCCCS(=O)(=O)Nc1ccc(C#CCN)cc1F. The van der Waals surface area contributed by atoms with Crippen molar-refractivity contribution < 1.29 is 12.8 Å². The molecule has 0 unspecified atom stereocenters. The van der Waals surface area contributed by atoms with E-state index in [1.807, 2.05) is 6.92 Å². The Hall–Kier alpha value is -1.58. The highest BCUT2D eigenvalue weighted by Crippen LogP contribution is 2.17. The van der Waals surface area contributed by atoms with E-state index in [0.29, 0.717) is 12.0 Å². The molecule has 104 valence electrons. The number of nitrogens with two attached hydrogens (primary N) is 1. The normalized spacial score (nSPS) is 10.7. The number of benzene rings is 1. The van der Waals surface area contributed by atoms with Crippen LogP contribution in [0.15, 0.2) is 18.2 Å². The zero-order valence-corrected chi connectivity index (χ0v) is 11.6. The molecule has 0 bridgehead atoms. The molecular formula is C13H17FN2O2S.